The van der Waals surface area contributed by atoms with E-state index in [1.807, 2.05) is 0 Å². The van der Waals surface area contributed by atoms with E-state index in [0.717, 1.165) is 17.7 Å². The molecule has 0 fully saturated rings. The van der Waals surface area contributed by atoms with Crippen LogP contribution in [0.3, 0.4) is 0 Å². The summed E-state index contributed by atoms with van der Waals surface area (Å²) in [4.78, 5) is 0. The van der Waals surface area contributed by atoms with Crippen molar-refractivity contribution in [3.63, 3.8) is 0 Å². The number of benzene rings is 3. The van der Waals surface area contributed by atoms with Crippen molar-refractivity contribution in [2.45, 2.75) is 27.2 Å². The Morgan fingerprint density at radius 2 is 1.72 bits per heavy atom. The van der Waals surface area contributed by atoms with Gasteiger partial charge in [0.25, 0.3) is 0 Å². The third-order valence-electron chi connectivity index (χ3n) is 10.3. The molecule has 0 saturated carbocycles. The van der Waals surface area contributed by atoms with Crippen LogP contribution in [0.25, 0.3) is 39.9 Å². The zero-order valence-electron chi connectivity index (χ0n) is 28.9. The topological polar surface area (TPSA) is 4.93 Å². The Bertz CT molecular complexity index is 2470. The van der Waals surface area contributed by atoms with Crippen LogP contribution in [0.1, 0.15) is 49.6 Å². The maximum absolute atomic E-state index is 4.85. The molecule has 0 radical (unpaired) electrons. The molecule has 1 heteroatoms. The number of para-hydroxylation sites is 1. The number of hydrogen-bond donors (Lipinski definition) is 0. The second kappa shape index (κ2) is 12.7. The average molecular weight is 642 g/mol. The molecular weight excluding hydrogens is 603 g/mol. The van der Waals surface area contributed by atoms with Gasteiger partial charge in [-0.05, 0) is 114 Å². The summed E-state index contributed by atoms with van der Waals surface area (Å²) < 4.78 is 2.33. The van der Waals surface area contributed by atoms with Gasteiger partial charge in [-0.3, -0.25) is 0 Å². The Kier molecular flexibility index (Phi) is 7.94. The Morgan fingerprint density at radius 3 is 2.48 bits per heavy atom. The third kappa shape index (κ3) is 4.96. The fourth-order valence-electron chi connectivity index (χ4n) is 7.97. The highest BCUT2D eigenvalue weighted by Gasteiger charge is 2.49. The van der Waals surface area contributed by atoms with Crippen molar-refractivity contribution in [3.8, 4) is 5.69 Å². The van der Waals surface area contributed by atoms with E-state index in [4.69, 9.17) is 6.58 Å². The number of nitrogens with zero attached hydrogens (tertiary/aromatic N) is 1. The highest BCUT2D eigenvalue weighted by atomic mass is 15.0. The van der Waals surface area contributed by atoms with Crippen molar-refractivity contribution >= 4 is 34.2 Å². The van der Waals surface area contributed by atoms with Crippen LogP contribution in [0.4, 0.5) is 0 Å². The van der Waals surface area contributed by atoms with Crippen LogP contribution in [-0.4, -0.2) is 4.57 Å². The summed E-state index contributed by atoms with van der Waals surface area (Å²) in [6.45, 7) is 11.3. The first-order chi connectivity index (χ1) is 24.5. The van der Waals surface area contributed by atoms with Crippen molar-refractivity contribution in [2.24, 2.45) is 5.41 Å². The number of rotatable bonds is 9. The number of hydrogen-bond acceptors (Lipinski definition) is 0. The van der Waals surface area contributed by atoms with Crippen molar-refractivity contribution in [2.75, 3.05) is 0 Å². The molecule has 4 aliphatic rings. The van der Waals surface area contributed by atoms with Crippen molar-refractivity contribution in [1.82, 2.24) is 4.57 Å². The monoisotopic (exact) mass is 641 g/mol. The van der Waals surface area contributed by atoms with Crippen LogP contribution in [-0.2, 0) is 0 Å². The van der Waals surface area contributed by atoms with Gasteiger partial charge in [0.05, 0.1) is 16.6 Å². The lowest BCUT2D eigenvalue weighted by atomic mass is 9.62. The standard InChI is InChI=1S/C49H39N/c1-5-6-25-41(37-20-9-7-10-21-37)46-33-39-22-15-28-45(39)49(46,44-27-14-18-35(44)3)36(4)19-13-17-34(2)38-30-31-48-43(32-38)42-26-16-29-47(42)50(48)40-23-11-8-12-24-40/h5-15,17-21,23-26,28-33H,4,22H2,1-3H3/b6-5-,19-13-,34-17+,41-25-. The molecule has 0 amide bonds. The van der Waals surface area contributed by atoms with Gasteiger partial charge >= 0.3 is 0 Å². The van der Waals surface area contributed by atoms with E-state index in [-0.39, 0.29) is 0 Å². The first-order valence-electron chi connectivity index (χ1n) is 17.4. The van der Waals surface area contributed by atoms with Gasteiger partial charge in [0.2, 0.25) is 0 Å². The predicted octanol–water partition coefficient (Wildman–Crippen LogP) is 12.7. The largest absolute Gasteiger partial charge is 0.309 e. The highest BCUT2D eigenvalue weighted by molar-refractivity contribution is 5.99. The van der Waals surface area contributed by atoms with Crippen LogP contribution in [0, 0.1) is 5.41 Å². The van der Waals surface area contributed by atoms with Crippen LogP contribution >= 0.6 is 0 Å². The molecule has 1 heterocycles. The van der Waals surface area contributed by atoms with Crippen LogP contribution in [0.2, 0.25) is 0 Å². The molecule has 8 rings (SSSR count). The summed E-state index contributed by atoms with van der Waals surface area (Å²) in [5.41, 5.74) is 23.3. The van der Waals surface area contributed by atoms with E-state index in [0.29, 0.717) is 0 Å². The lowest BCUT2D eigenvalue weighted by Gasteiger charge is -2.38. The quantitative estimate of drug-likeness (QED) is 0.111. The molecule has 50 heavy (non-hydrogen) atoms. The summed E-state index contributed by atoms with van der Waals surface area (Å²) >= 11 is 0. The zero-order valence-corrected chi connectivity index (χ0v) is 28.9. The van der Waals surface area contributed by atoms with Gasteiger partial charge in [0.15, 0.2) is 0 Å². The van der Waals surface area contributed by atoms with E-state index in [9.17, 15) is 0 Å². The maximum atomic E-state index is 4.85. The lowest BCUT2D eigenvalue weighted by Crippen LogP contribution is -2.28. The minimum Gasteiger partial charge on any atom is -0.309 e. The normalized spacial score (nSPS) is 19.4. The molecular formula is C49H39N. The van der Waals surface area contributed by atoms with Gasteiger partial charge in [0, 0.05) is 28.3 Å². The van der Waals surface area contributed by atoms with Crippen LogP contribution in [0.5, 0.6) is 0 Å². The van der Waals surface area contributed by atoms with E-state index >= 15 is 0 Å². The van der Waals surface area contributed by atoms with Gasteiger partial charge < -0.3 is 4.57 Å². The Morgan fingerprint density at radius 1 is 0.920 bits per heavy atom. The molecule has 0 saturated heterocycles. The Labute approximate surface area is 295 Å². The molecule has 1 aromatic heterocycles. The van der Waals surface area contributed by atoms with Gasteiger partial charge in [-0.25, -0.2) is 0 Å². The van der Waals surface area contributed by atoms with E-state index in [1.165, 1.54) is 72.3 Å². The number of aromatic nitrogens is 1. The molecule has 0 aliphatic heterocycles. The first-order valence-corrected chi connectivity index (χ1v) is 17.4. The summed E-state index contributed by atoms with van der Waals surface area (Å²) in [6.07, 6.45) is 29.5. The SMILES string of the molecule is C=C(/C=C\C=C(/C)c1ccc2c(c1)c1c(n2-c2ccccc2)C=C=C1)C1(C2=C=CC=C2C)C(/C(=C\C=C/C)c2ccccc2)=CC2=C1C=CC2. The molecule has 0 spiro atoms. The summed E-state index contributed by atoms with van der Waals surface area (Å²) in [5, 5.41) is 1.24. The minimum absolute atomic E-state index is 0.559. The third-order valence-corrected chi connectivity index (χ3v) is 10.3. The fourth-order valence-corrected chi connectivity index (χ4v) is 7.97. The zero-order chi connectivity index (χ0) is 34.2. The predicted molar refractivity (Wildman–Crippen MR) is 214 cm³/mol. The van der Waals surface area contributed by atoms with Gasteiger partial charge in [-0.2, -0.15) is 0 Å². The van der Waals surface area contributed by atoms with Gasteiger partial charge in [-0.1, -0.05) is 122 Å². The first kappa shape index (κ1) is 31.2. The van der Waals surface area contributed by atoms with Gasteiger partial charge in [-0.15, -0.1) is 11.5 Å². The molecule has 0 bridgehead atoms. The minimum atomic E-state index is -0.559. The molecule has 4 aliphatic carbocycles. The second-order valence-electron chi connectivity index (χ2n) is 13.3. The molecule has 1 nitrogen and oxygen atoms in total. The van der Waals surface area contributed by atoms with Gasteiger partial charge in [0.1, 0.15) is 0 Å². The Balaban J connectivity index is 1.20. The number of allylic oxidation sites excluding steroid dienone is 18. The van der Waals surface area contributed by atoms with Crippen molar-refractivity contribution in [3.05, 3.63) is 220 Å². The lowest BCUT2D eigenvalue weighted by molar-refractivity contribution is 0.682. The molecule has 1 unspecified atom stereocenters. The molecule has 0 N–H and O–H groups in total. The molecule has 3 aromatic carbocycles. The summed E-state index contributed by atoms with van der Waals surface area (Å²) in [5.74, 6) is 0. The molecule has 4 aromatic rings. The molecule has 240 valence electrons. The van der Waals surface area contributed by atoms with Crippen LogP contribution < -0.4 is 0 Å². The van der Waals surface area contributed by atoms with Crippen LogP contribution in [0.15, 0.2) is 197 Å². The van der Waals surface area contributed by atoms with Crippen molar-refractivity contribution in [1.29, 1.82) is 0 Å². The molecule has 1 atom stereocenters. The Hall–Kier alpha value is -6.10. The summed E-state index contributed by atoms with van der Waals surface area (Å²) in [6, 6.07) is 28.1. The van der Waals surface area contributed by atoms with E-state index < -0.39 is 5.41 Å². The fraction of sp³-hybridized carbons (Fsp3) is 0.102. The average Bonchev–Trinajstić information content (AvgIpc) is 3.98. The second-order valence-corrected chi connectivity index (χ2v) is 13.3. The van der Waals surface area contributed by atoms with Crippen molar-refractivity contribution < 1.29 is 0 Å². The van der Waals surface area contributed by atoms with E-state index in [1.54, 1.807) is 0 Å². The summed E-state index contributed by atoms with van der Waals surface area (Å²) in [7, 11) is 0. The van der Waals surface area contributed by atoms with E-state index in [2.05, 4.69) is 195 Å². The number of fused-ring (bicyclic) bond motifs is 3. The maximum Gasteiger partial charge on any atom is 0.0779 e. The smallest absolute Gasteiger partial charge is 0.0779 e. The highest BCUT2D eigenvalue weighted by Crippen LogP contribution is 2.61.